The van der Waals surface area contributed by atoms with Crippen molar-refractivity contribution in [1.29, 1.82) is 0 Å². The molecule has 5 aromatic carbocycles. The zero-order chi connectivity index (χ0) is 25.9. The number of hydrogen-bond acceptors (Lipinski definition) is 1. The summed E-state index contributed by atoms with van der Waals surface area (Å²) in [5.74, 6) is -0.948. The Labute approximate surface area is 230 Å². The molecular weight excluding hydrogens is 583 g/mol. The van der Waals surface area contributed by atoms with Gasteiger partial charge in [0.15, 0.2) is 0 Å². The first kappa shape index (κ1) is 26.5. The van der Waals surface area contributed by atoms with Crippen LogP contribution >= 0.6 is 11.6 Å². The van der Waals surface area contributed by atoms with Crippen molar-refractivity contribution in [3.05, 3.63) is 162 Å². The van der Waals surface area contributed by atoms with E-state index in [2.05, 4.69) is 91.0 Å². The number of benzene rings is 5. The molecule has 1 radical (unpaired) electrons. The van der Waals surface area contributed by atoms with Crippen molar-refractivity contribution in [2.45, 2.75) is 0 Å². The SMILES string of the molecule is O=C(O)/C(=C/c1ccc(Cl)cc1)c1ccccc1.c1cc[c]([Sn]([c]2ccccc2)[c]2ccccc2)cc1. The molecule has 0 aromatic heterocycles. The molecule has 0 saturated carbocycles. The number of rotatable bonds is 6. The molecule has 0 heterocycles. The van der Waals surface area contributed by atoms with Gasteiger partial charge in [0.25, 0.3) is 0 Å². The molecule has 181 valence electrons. The molecule has 0 spiro atoms. The predicted molar refractivity (Wildman–Crippen MR) is 157 cm³/mol. The number of aliphatic carboxylic acids is 1. The zero-order valence-corrected chi connectivity index (χ0v) is 23.8. The van der Waals surface area contributed by atoms with Crippen LogP contribution < -0.4 is 10.7 Å². The summed E-state index contributed by atoms with van der Waals surface area (Å²) in [6.45, 7) is 0. The first-order chi connectivity index (χ1) is 18.1. The summed E-state index contributed by atoms with van der Waals surface area (Å²) in [6, 6.07) is 49.0. The Kier molecular flexibility index (Phi) is 9.75. The maximum atomic E-state index is 11.3. The standard InChI is InChI=1S/C15H11ClO2.3C6H5.Sn/c16-13-8-6-11(7-9-13)10-14(15(17)18)12-4-2-1-3-5-12;3*1-2-4-6-5-3-1;/h1-10H,(H,17,18);3*1-5H;/b14-10+;;;;. The van der Waals surface area contributed by atoms with Gasteiger partial charge in [-0.1, -0.05) is 54.1 Å². The van der Waals surface area contributed by atoms with Crippen molar-refractivity contribution >= 4 is 59.7 Å². The van der Waals surface area contributed by atoms with Crippen molar-refractivity contribution in [2.24, 2.45) is 0 Å². The maximum absolute atomic E-state index is 11.3. The van der Waals surface area contributed by atoms with Crippen LogP contribution in [0.1, 0.15) is 11.1 Å². The van der Waals surface area contributed by atoms with Crippen LogP contribution in [0.3, 0.4) is 0 Å². The third-order valence-electron chi connectivity index (χ3n) is 5.68. The van der Waals surface area contributed by atoms with E-state index in [1.165, 1.54) is 10.7 Å². The topological polar surface area (TPSA) is 37.3 Å². The second-order valence-electron chi connectivity index (χ2n) is 8.25. The van der Waals surface area contributed by atoms with Gasteiger partial charge in [0.1, 0.15) is 0 Å². The molecule has 4 heteroatoms. The number of hydrogen-bond donors (Lipinski definition) is 1. The minimum atomic E-state index is -1.98. The molecule has 1 N–H and O–H groups in total. The third kappa shape index (κ3) is 7.69. The van der Waals surface area contributed by atoms with Crippen LogP contribution in [0.2, 0.25) is 5.02 Å². The van der Waals surface area contributed by atoms with E-state index < -0.39 is 25.7 Å². The second-order valence-corrected chi connectivity index (χ2v) is 15.8. The fraction of sp³-hybridized carbons (Fsp3) is 0. The Morgan fingerprint density at radius 2 is 0.946 bits per heavy atom. The third-order valence-corrected chi connectivity index (χ3v) is 13.7. The summed E-state index contributed by atoms with van der Waals surface area (Å²) < 4.78 is 4.59. The van der Waals surface area contributed by atoms with Gasteiger partial charge in [0.2, 0.25) is 0 Å². The van der Waals surface area contributed by atoms with Gasteiger partial charge in [0, 0.05) is 5.02 Å². The molecule has 0 unspecified atom stereocenters. The van der Waals surface area contributed by atoms with Crippen molar-refractivity contribution in [2.75, 3.05) is 0 Å². The van der Waals surface area contributed by atoms with Gasteiger partial charge in [-0.2, -0.15) is 0 Å². The molecule has 5 rings (SSSR count). The van der Waals surface area contributed by atoms with Crippen molar-refractivity contribution < 1.29 is 9.90 Å². The summed E-state index contributed by atoms with van der Waals surface area (Å²) in [7, 11) is 0. The van der Waals surface area contributed by atoms with E-state index in [4.69, 9.17) is 11.6 Å². The number of carboxylic acids is 1. The first-order valence-corrected chi connectivity index (χ1v) is 16.6. The summed E-state index contributed by atoms with van der Waals surface area (Å²) in [5, 5.41) is 9.88. The number of carbonyl (C=O) groups is 1. The van der Waals surface area contributed by atoms with E-state index in [1.807, 2.05) is 18.2 Å². The fourth-order valence-corrected chi connectivity index (χ4v) is 11.4. The van der Waals surface area contributed by atoms with E-state index in [-0.39, 0.29) is 5.57 Å². The van der Waals surface area contributed by atoms with E-state index in [1.54, 1.807) is 42.5 Å². The van der Waals surface area contributed by atoms with Crippen LogP contribution in [-0.4, -0.2) is 30.8 Å². The van der Waals surface area contributed by atoms with Crippen LogP contribution in [0.15, 0.2) is 146 Å². The summed E-state index contributed by atoms with van der Waals surface area (Å²) in [5.41, 5.74) is 1.75. The van der Waals surface area contributed by atoms with Crippen LogP contribution in [0.5, 0.6) is 0 Å². The molecule has 0 bridgehead atoms. The molecule has 0 amide bonds. The van der Waals surface area contributed by atoms with Crippen molar-refractivity contribution in [3.8, 4) is 0 Å². The molecule has 37 heavy (non-hydrogen) atoms. The predicted octanol–water partition coefficient (Wildman–Crippen LogP) is 6.17. The molecule has 0 aliphatic rings. The van der Waals surface area contributed by atoms with Crippen LogP contribution in [0.25, 0.3) is 11.6 Å². The minimum absolute atomic E-state index is 0.262. The number of halogens is 1. The summed E-state index contributed by atoms with van der Waals surface area (Å²) >= 11 is 3.81. The molecule has 0 aliphatic heterocycles. The second kappa shape index (κ2) is 13.6. The average Bonchev–Trinajstić information content (AvgIpc) is 2.95. The fourth-order valence-electron chi connectivity index (χ4n) is 3.93. The Hall–Kier alpha value is -3.60. The molecule has 0 fully saturated rings. The van der Waals surface area contributed by atoms with E-state index in [0.717, 1.165) is 5.56 Å². The van der Waals surface area contributed by atoms with Gasteiger partial charge in [-0.25, -0.2) is 4.79 Å². The van der Waals surface area contributed by atoms with Crippen LogP contribution in [-0.2, 0) is 4.79 Å². The van der Waals surface area contributed by atoms with E-state index in [0.29, 0.717) is 10.6 Å². The van der Waals surface area contributed by atoms with Crippen molar-refractivity contribution in [1.82, 2.24) is 0 Å². The molecule has 5 aromatic rings. The molecular formula is C33H26ClO2Sn. The van der Waals surface area contributed by atoms with Crippen LogP contribution in [0, 0.1) is 0 Å². The summed E-state index contributed by atoms with van der Waals surface area (Å²) in [4.78, 5) is 11.3. The molecule has 0 atom stereocenters. The average molecular weight is 609 g/mol. The van der Waals surface area contributed by atoms with Gasteiger partial charge in [0.05, 0.1) is 5.57 Å². The van der Waals surface area contributed by atoms with Crippen molar-refractivity contribution in [3.63, 3.8) is 0 Å². The normalized spacial score (nSPS) is 10.9. The van der Waals surface area contributed by atoms with Gasteiger partial charge in [-0.15, -0.1) is 0 Å². The summed E-state index contributed by atoms with van der Waals surface area (Å²) in [6.07, 6.45) is 1.63. The Bertz CT molecular complexity index is 1330. The Morgan fingerprint density at radius 1 is 0.568 bits per heavy atom. The van der Waals surface area contributed by atoms with Gasteiger partial charge >= 0.3 is 127 Å². The van der Waals surface area contributed by atoms with Gasteiger partial charge in [-0.3, -0.25) is 0 Å². The monoisotopic (exact) mass is 609 g/mol. The van der Waals surface area contributed by atoms with Crippen LogP contribution in [0.4, 0.5) is 0 Å². The zero-order valence-electron chi connectivity index (χ0n) is 20.2. The quantitative estimate of drug-likeness (QED) is 0.142. The number of carboxylic acid groups (broad SMARTS) is 1. The van der Waals surface area contributed by atoms with E-state index in [9.17, 15) is 9.90 Å². The van der Waals surface area contributed by atoms with Gasteiger partial charge in [-0.05, 0) is 29.3 Å². The molecule has 0 aliphatic carbocycles. The first-order valence-electron chi connectivity index (χ1n) is 11.9. The Morgan fingerprint density at radius 3 is 1.32 bits per heavy atom. The molecule has 2 nitrogen and oxygen atoms in total. The molecule has 0 saturated heterocycles. The Balaban J connectivity index is 0.000000173. The van der Waals surface area contributed by atoms with Gasteiger partial charge < -0.3 is 5.11 Å². The van der Waals surface area contributed by atoms with E-state index >= 15 is 0 Å².